The van der Waals surface area contributed by atoms with Crippen LogP contribution in [0.1, 0.15) is 34.0 Å². The number of hydrogen-bond donors (Lipinski definition) is 2. The maximum Gasteiger partial charge on any atom is 0.506 e. The fourth-order valence-corrected chi connectivity index (χ4v) is 3.81. The molecule has 176 valence electrons. The third kappa shape index (κ3) is 5.58. The Bertz CT molecular complexity index is 1200. The fourth-order valence-electron chi connectivity index (χ4n) is 3.60. The first-order chi connectivity index (χ1) is 16.4. The third-order valence-electron chi connectivity index (χ3n) is 5.27. The van der Waals surface area contributed by atoms with E-state index in [1.54, 1.807) is 54.6 Å². The molecule has 1 unspecified atom stereocenters. The highest BCUT2D eigenvalue weighted by Crippen LogP contribution is 2.42. The van der Waals surface area contributed by atoms with Crippen molar-refractivity contribution in [2.24, 2.45) is 0 Å². The largest absolute Gasteiger partial charge is 0.506 e. The van der Waals surface area contributed by atoms with Crippen LogP contribution in [0, 0.1) is 5.82 Å². The quantitative estimate of drug-likeness (QED) is 0.413. The molecule has 2 N–H and O–H groups in total. The van der Waals surface area contributed by atoms with Crippen LogP contribution in [0.4, 0.5) is 9.18 Å². The van der Waals surface area contributed by atoms with E-state index in [-0.39, 0.29) is 16.7 Å². The summed E-state index contributed by atoms with van der Waals surface area (Å²) >= 11 is 6.34. The summed E-state index contributed by atoms with van der Waals surface area (Å²) in [4.78, 5) is 23.3. The van der Waals surface area contributed by atoms with Crippen LogP contribution < -0.4 is 14.8 Å². The predicted octanol–water partition coefficient (Wildman–Crippen LogP) is 5.76. The topological polar surface area (TPSA) is 94.1 Å². The highest BCUT2D eigenvalue weighted by atomic mass is 35.5. The van der Waals surface area contributed by atoms with Gasteiger partial charge in [-0.2, -0.15) is 0 Å². The summed E-state index contributed by atoms with van der Waals surface area (Å²) in [6.07, 6.45) is -1.26. The second-order valence-corrected chi connectivity index (χ2v) is 7.96. The van der Waals surface area contributed by atoms with Crippen LogP contribution >= 0.6 is 11.6 Å². The Balaban J connectivity index is 1.38. The molecule has 3 aromatic carbocycles. The smallest absolute Gasteiger partial charge is 0.493 e. The first kappa shape index (κ1) is 23.4. The molecule has 0 fully saturated rings. The van der Waals surface area contributed by atoms with Crippen molar-refractivity contribution >= 4 is 23.7 Å². The Morgan fingerprint density at radius 1 is 1.15 bits per heavy atom. The Kier molecular flexibility index (Phi) is 7.18. The van der Waals surface area contributed by atoms with Gasteiger partial charge in [-0.15, -0.1) is 0 Å². The van der Waals surface area contributed by atoms with E-state index in [9.17, 15) is 14.0 Å². The van der Waals surface area contributed by atoms with Crippen molar-refractivity contribution in [3.05, 3.63) is 88.2 Å². The second-order valence-electron chi connectivity index (χ2n) is 7.55. The highest BCUT2D eigenvalue weighted by molar-refractivity contribution is 6.32. The molecule has 1 aliphatic rings. The van der Waals surface area contributed by atoms with Gasteiger partial charge in [0, 0.05) is 30.2 Å². The Hall–Kier alpha value is -3.78. The van der Waals surface area contributed by atoms with Gasteiger partial charge < -0.3 is 24.6 Å². The van der Waals surface area contributed by atoms with Gasteiger partial charge in [0.05, 0.1) is 11.6 Å². The molecule has 1 atom stereocenters. The van der Waals surface area contributed by atoms with Crippen LogP contribution in [0.2, 0.25) is 5.02 Å². The van der Waals surface area contributed by atoms with Crippen molar-refractivity contribution in [2.75, 3.05) is 13.2 Å². The van der Waals surface area contributed by atoms with E-state index < -0.39 is 12.3 Å². The number of carboxylic acid groups (broad SMARTS) is 1. The zero-order chi connectivity index (χ0) is 24.1. The minimum Gasteiger partial charge on any atom is -0.493 e. The first-order valence-corrected chi connectivity index (χ1v) is 10.9. The van der Waals surface area contributed by atoms with Gasteiger partial charge in [0.2, 0.25) is 0 Å². The Morgan fingerprint density at radius 3 is 2.65 bits per heavy atom. The average Bonchev–Trinajstić information content (AvgIpc) is 2.81. The zero-order valence-electron chi connectivity index (χ0n) is 17.9. The molecule has 0 saturated heterocycles. The van der Waals surface area contributed by atoms with Crippen LogP contribution in [0.25, 0.3) is 0 Å². The van der Waals surface area contributed by atoms with Gasteiger partial charge >= 0.3 is 6.16 Å². The number of amides is 1. The average molecular weight is 486 g/mol. The summed E-state index contributed by atoms with van der Waals surface area (Å²) in [5.41, 5.74) is 1.50. The van der Waals surface area contributed by atoms with Gasteiger partial charge in [-0.25, -0.2) is 9.18 Å². The van der Waals surface area contributed by atoms with Crippen molar-refractivity contribution in [3.63, 3.8) is 0 Å². The number of hydrogen-bond acceptors (Lipinski definition) is 5. The van der Waals surface area contributed by atoms with Crippen LogP contribution in [-0.4, -0.2) is 30.3 Å². The normalized spacial score (nSPS) is 14.5. The van der Waals surface area contributed by atoms with Gasteiger partial charge in [-0.1, -0.05) is 29.8 Å². The summed E-state index contributed by atoms with van der Waals surface area (Å²) in [6, 6.07) is 16.0. The van der Waals surface area contributed by atoms with E-state index in [1.165, 1.54) is 6.07 Å². The molecular weight excluding hydrogens is 465 g/mol. The zero-order valence-corrected chi connectivity index (χ0v) is 18.7. The number of halogens is 2. The number of rotatable bonds is 7. The van der Waals surface area contributed by atoms with Crippen LogP contribution in [-0.2, 0) is 11.2 Å². The number of carbonyl (C=O) groups excluding carboxylic acids is 1. The SMILES string of the molecule is O=C(O)OC1CCOc2cc(Oc3ccc(C(=O)NCCc4ccccc4F)cc3)c(Cl)cc21. The van der Waals surface area contributed by atoms with Gasteiger partial charge in [0.25, 0.3) is 5.91 Å². The lowest BCUT2D eigenvalue weighted by Gasteiger charge is -2.25. The lowest BCUT2D eigenvalue weighted by molar-refractivity contribution is 0.0326. The molecule has 1 heterocycles. The molecule has 34 heavy (non-hydrogen) atoms. The molecule has 3 aromatic rings. The van der Waals surface area contributed by atoms with E-state index >= 15 is 0 Å². The molecule has 0 aliphatic carbocycles. The molecule has 0 radical (unpaired) electrons. The molecular formula is C25H21ClFNO6. The first-order valence-electron chi connectivity index (χ1n) is 10.6. The monoisotopic (exact) mass is 485 g/mol. The molecule has 9 heteroatoms. The summed E-state index contributed by atoms with van der Waals surface area (Å²) < 4.78 is 30.0. The minimum absolute atomic E-state index is 0.262. The fraction of sp³-hybridized carbons (Fsp3) is 0.200. The molecule has 0 aromatic heterocycles. The number of nitrogens with one attached hydrogen (secondary N) is 1. The summed E-state index contributed by atoms with van der Waals surface area (Å²) in [5, 5.41) is 11.9. The van der Waals surface area contributed by atoms with E-state index in [0.717, 1.165) is 0 Å². The van der Waals surface area contributed by atoms with Crippen molar-refractivity contribution < 1.29 is 33.3 Å². The molecule has 0 spiro atoms. The summed E-state index contributed by atoms with van der Waals surface area (Å²) in [5.74, 6) is 0.613. The molecule has 7 nitrogen and oxygen atoms in total. The lowest BCUT2D eigenvalue weighted by Crippen LogP contribution is -2.25. The Morgan fingerprint density at radius 2 is 1.91 bits per heavy atom. The van der Waals surface area contributed by atoms with Gasteiger partial charge in [0.1, 0.15) is 29.2 Å². The molecule has 1 amide bonds. The van der Waals surface area contributed by atoms with Crippen LogP contribution in [0.3, 0.4) is 0 Å². The Labute approximate surface area is 200 Å². The van der Waals surface area contributed by atoms with Gasteiger partial charge in [-0.3, -0.25) is 4.79 Å². The van der Waals surface area contributed by atoms with E-state index in [4.69, 9.17) is 30.9 Å². The second kappa shape index (κ2) is 10.4. The van der Waals surface area contributed by atoms with E-state index in [2.05, 4.69) is 5.32 Å². The maximum atomic E-state index is 13.7. The standard InChI is InChI=1S/C25H21ClFNO6/c26-19-13-18-21(34-25(30)31)10-12-32-22(18)14-23(19)33-17-7-5-16(6-8-17)24(29)28-11-9-15-3-1-2-4-20(15)27/h1-8,13-14,21H,9-12H2,(H,28,29)(H,30,31). The number of benzene rings is 3. The van der Waals surface area contributed by atoms with Gasteiger partial charge in [-0.05, 0) is 48.4 Å². The molecule has 0 bridgehead atoms. The molecule has 1 aliphatic heterocycles. The lowest BCUT2D eigenvalue weighted by atomic mass is 10.0. The summed E-state index contributed by atoms with van der Waals surface area (Å²) in [7, 11) is 0. The maximum absolute atomic E-state index is 13.7. The van der Waals surface area contributed by atoms with Crippen molar-refractivity contribution in [2.45, 2.75) is 18.9 Å². The number of fused-ring (bicyclic) bond motifs is 1. The highest BCUT2D eigenvalue weighted by Gasteiger charge is 2.27. The molecule has 4 rings (SSSR count). The van der Waals surface area contributed by atoms with Gasteiger partial charge in [0.15, 0.2) is 0 Å². The van der Waals surface area contributed by atoms with Crippen molar-refractivity contribution in [1.82, 2.24) is 5.32 Å². The van der Waals surface area contributed by atoms with Crippen LogP contribution in [0.15, 0.2) is 60.7 Å². The third-order valence-corrected chi connectivity index (χ3v) is 5.57. The van der Waals surface area contributed by atoms with E-state index in [1.807, 2.05) is 0 Å². The summed E-state index contributed by atoms with van der Waals surface area (Å²) in [6.45, 7) is 0.599. The van der Waals surface area contributed by atoms with Crippen molar-refractivity contribution in [1.29, 1.82) is 0 Å². The molecule has 0 saturated carbocycles. The van der Waals surface area contributed by atoms with E-state index in [0.29, 0.717) is 59.9 Å². The predicted molar refractivity (Wildman–Crippen MR) is 122 cm³/mol. The minimum atomic E-state index is -1.37. The van der Waals surface area contributed by atoms with Crippen LogP contribution in [0.5, 0.6) is 17.2 Å². The number of ether oxygens (including phenoxy) is 3. The van der Waals surface area contributed by atoms with Crippen molar-refractivity contribution in [3.8, 4) is 17.2 Å². The number of carbonyl (C=O) groups is 2.